The van der Waals surface area contributed by atoms with Crippen LogP contribution in [0.25, 0.3) is 0 Å². The quantitative estimate of drug-likeness (QED) is 0.239. The maximum Gasteiger partial charge on any atom is 0.238 e. The van der Waals surface area contributed by atoms with Crippen LogP contribution in [0.2, 0.25) is 0 Å². The Hall–Kier alpha value is -3.41. The molecule has 5 N–H and O–H groups in total. The van der Waals surface area contributed by atoms with Gasteiger partial charge in [0.05, 0.1) is 4.90 Å². The Labute approximate surface area is 198 Å². The summed E-state index contributed by atoms with van der Waals surface area (Å²) < 4.78 is 22.8. The summed E-state index contributed by atoms with van der Waals surface area (Å²) in [7, 11) is -3.72. The van der Waals surface area contributed by atoms with Crippen molar-refractivity contribution in [2.45, 2.75) is 25.2 Å². The number of sulfonamides is 1. The number of benzene rings is 2. The van der Waals surface area contributed by atoms with Crippen LogP contribution < -0.4 is 21.1 Å². The monoisotopic (exact) mass is 483 g/mol. The van der Waals surface area contributed by atoms with Crippen LogP contribution in [0.15, 0.2) is 70.6 Å². The van der Waals surface area contributed by atoms with E-state index in [1.165, 1.54) is 12.1 Å². The van der Waals surface area contributed by atoms with Crippen LogP contribution >= 0.6 is 12.2 Å². The third-order valence-electron chi connectivity index (χ3n) is 4.40. The molecule has 3 rings (SSSR count). The van der Waals surface area contributed by atoms with E-state index in [0.29, 0.717) is 30.0 Å². The molecule has 0 spiro atoms. The molecule has 172 valence electrons. The fourth-order valence-electron chi connectivity index (χ4n) is 2.93. The third kappa shape index (κ3) is 7.90. The molecule has 0 bridgehead atoms. The molecule has 0 fully saturated rings. The molecule has 0 aliphatic carbocycles. The van der Waals surface area contributed by atoms with Crippen LogP contribution in [0, 0.1) is 13.8 Å². The summed E-state index contributed by atoms with van der Waals surface area (Å²) in [5, 5.41) is 14.7. The molecule has 0 saturated carbocycles. The average Bonchev–Trinajstić information content (AvgIpc) is 2.73. The topological polar surface area (TPSA) is 134 Å². The molecule has 33 heavy (non-hydrogen) atoms. The Morgan fingerprint density at radius 3 is 2.24 bits per heavy atom. The first kappa shape index (κ1) is 24.2. The first-order valence-electron chi connectivity index (χ1n) is 10.1. The van der Waals surface area contributed by atoms with Crippen LogP contribution in [0.5, 0.6) is 0 Å². The Bertz CT molecular complexity index is 1230. The number of guanidine groups is 1. The van der Waals surface area contributed by atoms with Crippen molar-refractivity contribution in [2.75, 3.05) is 17.2 Å². The van der Waals surface area contributed by atoms with E-state index in [1.807, 2.05) is 50.2 Å². The van der Waals surface area contributed by atoms with Gasteiger partial charge in [-0.05, 0) is 68.4 Å². The van der Waals surface area contributed by atoms with Gasteiger partial charge in [-0.25, -0.2) is 23.5 Å². The minimum atomic E-state index is -3.72. The Balaban J connectivity index is 1.72. The second kappa shape index (κ2) is 10.9. The summed E-state index contributed by atoms with van der Waals surface area (Å²) in [4.78, 5) is 13.4. The first-order chi connectivity index (χ1) is 15.7. The lowest BCUT2D eigenvalue weighted by molar-refractivity contribution is 0.598. The molecule has 3 aromatic rings. The highest BCUT2D eigenvalue weighted by Gasteiger charge is 2.09. The Morgan fingerprint density at radius 2 is 1.64 bits per heavy atom. The molecule has 0 aliphatic heterocycles. The van der Waals surface area contributed by atoms with Crippen LogP contribution in [-0.2, 0) is 16.4 Å². The fourth-order valence-corrected chi connectivity index (χ4v) is 3.66. The normalized spacial score (nSPS) is 11.7. The van der Waals surface area contributed by atoms with Gasteiger partial charge >= 0.3 is 0 Å². The first-order valence-corrected chi connectivity index (χ1v) is 12.0. The lowest BCUT2D eigenvalue weighted by atomic mass is 10.1. The summed E-state index contributed by atoms with van der Waals surface area (Å²) in [6.07, 6.45) is 0.574. The lowest BCUT2D eigenvalue weighted by Gasteiger charge is -2.14. The Kier molecular flexibility index (Phi) is 8.04. The molecule has 2 aromatic carbocycles. The zero-order chi connectivity index (χ0) is 23.8. The number of primary sulfonamides is 1. The summed E-state index contributed by atoms with van der Waals surface area (Å²) in [5.74, 6) is 0.786. The summed E-state index contributed by atoms with van der Waals surface area (Å²) in [5.41, 5.74) is 3.40. The van der Waals surface area contributed by atoms with Gasteiger partial charge in [-0.3, -0.25) is 10.3 Å². The number of thiocarbonyl (C=S) groups is 1. The predicted octanol–water partition coefficient (Wildman–Crippen LogP) is 2.74. The van der Waals surface area contributed by atoms with E-state index in [9.17, 15) is 8.42 Å². The smallest absolute Gasteiger partial charge is 0.238 e. The number of rotatable bonds is 6. The maximum atomic E-state index is 11.4. The van der Waals surface area contributed by atoms with Crippen molar-refractivity contribution >= 4 is 44.9 Å². The average molecular weight is 484 g/mol. The minimum absolute atomic E-state index is 0.0723. The standard InChI is InChI=1S/C22H25N7O2S2/c1-15-14-16(2)26-21(25-15)28-20(29-22(32)27-18-6-4-3-5-7-18)24-13-12-17-8-10-19(11-9-17)33(23,30)31/h3-11,14H,12-13H2,1-2H3,(H2,23,30,31)(H3,24,25,26,27,28,29,32). The zero-order valence-electron chi connectivity index (χ0n) is 18.2. The summed E-state index contributed by atoms with van der Waals surface area (Å²) >= 11 is 5.42. The van der Waals surface area contributed by atoms with Gasteiger partial charge in [-0.2, -0.15) is 0 Å². The highest BCUT2D eigenvalue weighted by Crippen LogP contribution is 2.10. The van der Waals surface area contributed by atoms with Gasteiger partial charge in [0.25, 0.3) is 0 Å². The molecule has 1 heterocycles. The van der Waals surface area contributed by atoms with Crippen LogP contribution in [-0.4, -0.2) is 36.0 Å². The maximum absolute atomic E-state index is 11.4. The van der Waals surface area contributed by atoms with E-state index in [1.54, 1.807) is 12.1 Å². The minimum Gasteiger partial charge on any atom is -0.332 e. The highest BCUT2D eigenvalue weighted by molar-refractivity contribution is 7.89. The number of hydrogen-bond donors (Lipinski definition) is 4. The SMILES string of the molecule is Cc1cc(C)nc(NC(=NCCc2ccc(S(N)(=O)=O)cc2)NC(=S)Nc2ccccc2)n1. The molecule has 0 radical (unpaired) electrons. The van der Waals surface area contributed by atoms with E-state index in [0.717, 1.165) is 22.6 Å². The lowest BCUT2D eigenvalue weighted by Crippen LogP contribution is -2.39. The van der Waals surface area contributed by atoms with Crippen molar-refractivity contribution < 1.29 is 8.42 Å². The van der Waals surface area contributed by atoms with E-state index in [-0.39, 0.29) is 4.90 Å². The molecule has 0 amide bonds. The fraction of sp³-hybridized carbons (Fsp3) is 0.182. The van der Waals surface area contributed by atoms with Gasteiger partial charge in [0.2, 0.25) is 21.9 Å². The van der Waals surface area contributed by atoms with Crippen LogP contribution in [0.3, 0.4) is 0 Å². The van der Waals surface area contributed by atoms with Gasteiger partial charge in [-0.1, -0.05) is 30.3 Å². The second-order valence-corrected chi connectivity index (χ2v) is 9.18. The molecule has 0 atom stereocenters. The Morgan fingerprint density at radius 1 is 1.00 bits per heavy atom. The highest BCUT2D eigenvalue weighted by atomic mass is 32.2. The van der Waals surface area contributed by atoms with Crippen molar-refractivity contribution in [1.29, 1.82) is 0 Å². The molecule has 1 aromatic heterocycles. The van der Waals surface area contributed by atoms with Gasteiger partial charge in [0, 0.05) is 23.6 Å². The van der Waals surface area contributed by atoms with Gasteiger partial charge in [-0.15, -0.1) is 0 Å². The predicted molar refractivity (Wildman–Crippen MR) is 135 cm³/mol. The number of aromatic nitrogens is 2. The van der Waals surface area contributed by atoms with Crippen molar-refractivity contribution in [3.63, 3.8) is 0 Å². The van der Waals surface area contributed by atoms with Crippen molar-refractivity contribution in [3.05, 3.63) is 77.6 Å². The number of nitrogens with two attached hydrogens (primary N) is 1. The van der Waals surface area contributed by atoms with Crippen molar-refractivity contribution in [3.8, 4) is 0 Å². The van der Waals surface area contributed by atoms with Crippen molar-refractivity contribution in [2.24, 2.45) is 10.1 Å². The number of hydrogen-bond acceptors (Lipinski definition) is 6. The molecule has 0 aliphatic rings. The second-order valence-electron chi connectivity index (χ2n) is 7.21. The molecule has 0 saturated heterocycles. The molecule has 9 nitrogen and oxygen atoms in total. The number of aliphatic imine (C=N–C) groups is 1. The van der Waals surface area contributed by atoms with Gasteiger partial charge in [0.15, 0.2) is 5.11 Å². The molecular formula is C22H25N7O2S2. The van der Waals surface area contributed by atoms with E-state index < -0.39 is 10.0 Å². The third-order valence-corrected chi connectivity index (χ3v) is 5.53. The van der Waals surface area contributed by atoms with E-state index in [4.69, 9.17) is 17.4 Å². The largest absolute Gasteiger partial charge is 0.332 e. The number of para-hydroxylation sites is 1. The summed E-state index contributed by atoms with van der Waals surface area (Å²) in [6.45, 7) is 4.18. The number of nitrogens with zero attached hydrogens (tertiary/aromatic N) is 3. The summed E-state index contributed by atoms with van der Waals surface area (Å²) in [6, 6.07) is 17.8. The van der Waals surface area contributed by atoms with Crippen LogP contribution in [0.1, 0.15) is 17.0 Å². The molecule has 11 heteroatoms. The van der Waals surface area contributed by atoms with E-state index in [2.05, 4.69) is 30.9 Å². The number of nitrogens with one attached hydrogen (secondary N) is 3. The van der Waals surface area contributed by atoms with Crippen LogP contribution in [0.4, 0.5) is 11.6 Å². The van der Waals surface area contributed by atoms with Crippen molar-refractivity contribution in [1.82, 2.24) is 15.3 Å². The number of anilines is 2. The zero-order valence-corrected chi connectivity index (χ0v) is 19.9. The van der Waals surface area contributed by atoms with E-state index >= 15 is 0 Å². The molecular weight excluding hydrogens is 458 g/mol. The van der Waals surface area contributed by atoms with Gasteiger partial charge < -0.3 is 10.6 Å². The molecule has 0 unspecified atom stereocenters. The number of aryl methyl sites for hydroxylation is 2. The van der Waals surface area contributed by atoms with Gasteiger partial charge in [0.1, 0.15) is 0 Å².